The molecule has 0 aliphatic carbocycles. The summed E-state index contributed by atoms with van der Waals surface area (Å²) in [4.78, 5) is 10.7. The van der Waals surface area contributed by atoms with Gasteiger partial charge in [-0.15, -0.1) is 0 Å². The molecular weight excluding hydrogens is 557 g/mol. The Balaban J connectivity index is 0.00000385. The number of carbonyl (C=O) groups excluding carboxylic acids is 1. The number of nitrogen functional groups attached to an aromatic ring is 1. The number of benzene rings is 3. The van der Waals surface area contributed by atoms with Crippen LogP contribution in [0.15, 0.2) is 63.2 Å². The minimum absolute atomic E-state index is 0. The van der Waals surface area contributed by atoms with Gasteiger partial charge in [0.25, 0.3) is 36.3 Å². The van der Waals surface area contributed by atoms with E-state index in [0.717, 1.165) is 42.5 Å². The van der Waals surface area contributed by atoms with Crippen LogP contribution in [0.2, 0.25) is 0 Å². The first-order valence-electron chi connectivity index (χ1n) is 8.28. The second kappa shape index (κ2) is 12.6. The molecule has 6 N–H and O–H groups in total. The molecule has 0 saturated heterocycles. The van der Waals surface area contributed by atoms with Gasteiger partial charge < -0.3 is 11.1 Å². The van der Waals surface area contributed by atoms with E-state index >= 15 is 0 Å². The molecule has 0 aliphatic rings. The molecule has 3 aromatic carbocycles. The Hall–Kier alpha value is -0.0800. The predicted molar refractivity (Wildman–Crippen MR) is 134 cm³/mol. The van der Waals surface area contributed by atoms with Crippen LogP contribution in [0.5, 0.6) is 0 Å². The van der Waals surface area contributed by atoms with Gasteiger partial charge in [-0.05, 0) is 47.9 Å². The monoisotopic (exact) mass is 574 g/mol. The van der Waals surface area contributed by atoms with E-state index in [4.69, 9.17) is 5.73 Å². The molecule has 3 aromatic rings. The molecule has 0 radical (unpaired) electrons. The van der Waals surface area contributed by atoms with Crippen molar-refractivity contribution in [2.45, 2.75) is 14.7 Å². The molecular formula is C17H17N2Na3O10S3. The van der Waals surface area contributed by atoms with Crippen LogP contribution in [0.4, 0.5) is 11.4 Å². The summed E-state index contributed by atoms with van der Waals surface area (Å²) >= 11 is 0. The van der Waals surface area contributed by atoms with Crippen molar-refractivity contribution in [3.63, 3.8) is 0 Å². The van der Waals surface area contributed by atoms with E-state index < -0.39 is 56.5 Å². The Labute approximate surface area is 267 Å². The summed E-state index contributed by atoms with van der Waals surface area (Å²) in [5.74, 6) is -1.14. The van der Waals surface area contributed by atoms with E-state index in [1.807, 2.05) is 0 Å². The first-order valence-corrected chi connectivity index (χ1v) is 12.6. The molecule has 1 amide bonds. The van der Waals surface area contributed by atoms with Crippen molar-refractivity contribution in [3.05, 3.63) is 54.1 Å². The van der Waals surface area contributed by atoms with Crippen molar-refractivity contribution in [2.75, 3.05) is 11.1 Å². The molecule has 176 valence electrons. The third-order valence-electron chi connectivity index (χ3n) is 4.27. The molecule has 3 rings (SSSR count). The van der Waals surface area contributed by atoms with Crippen LogP contribution >= 0.6 is 0 Å². The van der Waals surface area contributed by atoms with Gasteiger partial charge in [0.05, 0.1) is 21.0 Å². The molecule has 0 aliphatic heterocycles. The first-order chi connectivity index (χ1) is 14.6. The number of nitrogens with one attached hydrogen (secondary N) is 1. The SMILES string of the molecule is Nc1ccc(C(=O)Nc2cc(S(=O)(=O)O)cc3ccc(S(=O)(=O)O)cc23)c(S(=O)(=O)O)c1.[NaH].[NaH].[NaH]. The molecule has 0 heterocycles. The van der Waals surface area contributed by atoms with Crippen LogP contribution in [0.25, 0.3) is 10.8 Å². The van der Waals surface area contributed by atoms with Gasteiger partial charge >= 0.3 is 88.7 Å². The Morgan fingerprint density at radius 2 is 1.29 bits per heavy atom. The quantitative estimate of drug-likeness (QED) is 0.148. The third kappa shape index (κ3) is 8.46. The molecule has 0 unspecified atom stereocenters. The number of hydrogen-bond donors (Lipinski definition) is 5. The van der Waals surface area contributed by atoms with E-state index in [2.05, 4.69) is 5.32 Å². The molecule has 0 bridgehead atoms. The van der Waals surface area contributed by atoms with Gasteiger partial charge in [-0.25, -0.2) is 0 Å². The van der Waals surface area contributed by atoms with E-state index in [-0.39, 0.29) is 111 Å². The summed E-state index contributed by atoms with van der Waals surface area (Å²) in [6.07, 6.45) is 0. The van der Waals surface area contributed by atoms with Crippen molar-refractivity contribution in [3.8, 4) is 0 Å². The average molecular weight is 574 g/mol. The molecule has 35 heavy (non-hydrogen) atoms. The second-order valence-corrected chi connectivity index (χ2v) is 10.7. The molecule has 0 saturated carbocycles. The number of rotatable bonds is 5. The standard InChI is InChI=1S/C17H14N2O10S3.3Na.3H/c18-10-2-4-13(16(6-10)32(27,28)29)17(20)19-15-8-12(31(24,25)26)5-9-1-3-11(7-14(9)15)30(21,22)23;;;;;;/h1-8H,18H2,(H,19,20)(H,21,22,23)(H,24,25,26)(H,27,28,29);;;;;;. The maximum atomic E-state index is 12.8. The van der Waals surface area contributed by atoms with E-state index in [1.54, 1.807) is 0 Å². The number of anilines is 2. The normalized spacial score (nSPS) is 11.5. The van der Waals surface area contributed by atoms with Crippen molar-refractivity contribution < 1.29 is 43.7 Å². The van der Waals surface area contributed by atoms with Gasteiger partial charge in [-0.2, -0.15) is 25.3 Å². The number of carbonyl (C=O) groups is 1. The maximum absolute atomic E-state index is 12.8. The van der Waals surface area contributed by atoms with Crippen LogP contribution in [-0.2, 0) is 30.4 Å². The summed E-state index contributed by atoms with van der Waals surface area (Å²) in [5.41, 5.74) is 4.52. The average Bonchev–Trinajstić information content (AvgIpc) is 2.65. The van der Waals surface area contributed by atoms with Crippen LogP contribution in [-0.4, -0.2) is 133 Å². The zero-order valence-corrected chi connectivity index (χ0v) is 18.1. The fraction of sp³-hybridized carbons (Fsp3) is 0. The molecule has 0 fully saturated rings. The van der Waals surface area contributed by atoms with Crippen molar-refractivity contribution >= 4 is 147 Å². The van der Waals surface area contributed by atoms with Crippen LogP contribution < -0.4 is 11.1 Å². The fourth-order valence-electron chi connectivity index (χ4n) is 2.85. The summed E-state index contributed by atoms with van der Waals surface area (Å²) in [6, 6.07) is 7.80. The molecule has 18 heteroatoms. The Morgan fingerprint density at radius 3 is 1.80 bits per heavy atom. The summed E-state index contributed by atoms with van der Waals surface area (Å²) in [6.45, 7) is 0. The first kappa shape index (κ1) is 34.9. The zero-order chi connectivity index (χ0) is 24.1. The van der Waals surface area contributed by atoms with Gasteiger partial charge in [0.1, 0.15) is 4.90 Å². The van der Waals surface area contributed by atoms with Gasteiger partial charge in [0.2, 0.25) is 0 Å². The molecule has 12 nitrogen and oxygen atoms in total. The molecule has 0 spiro atoms. The van der Waals surface area contributed by atoms with Crippen LogP contribution in [0.1, 0.15) is 10.4 Å². The van der Waals surface area contributed by atoms with Crippen LogP contribution in [0.3, 0.4) is 0 Å². The topological polar surface area (TPSA) is 218 Å². The second-order valence-electron chi connectivity index (χ2n) is 6.49. The molecule has 0 aromatic heterocycles. The van der Waals surface area contributed by atoms with Crippen molar-refractivity contribution in [1.29, 1.82) is 0 Å². The third-order valence-corrected chi connectivity index (χ3v) is 6.85. The van der Waals surface area contributed by atoms with Gasteiger partial charge in [-0.1, -0.05) is 6.07 Å². The summed E-state index contributed by atoms with van der Waals surface area (Å²) in [5, 5.41) is 2.20. The number of fused-ring (bicyclic) bond motifs is 1. The fourth-order valence-corrected chi connectivity index (χ4v) is 4.62. The van der Waals surface area contributed by atoms with Crippen LogP contribution in [0, 0.1) is 0 Å². The number of hydrogen-bond acceptors (Lipinski definition) is 8. The summed E-state index contributed by atoms with van der Waals surface area (Å²) in [7, 11) is -14.3. The minimum atomic E-state index is -4.88. The Kier molecular flexibility index (Phi) is 12.6. The zero-order valence-electron chi connectivity index (χ0n) is 15.6. The van der Waals surface area contributed by atoms with E-state index in [9.17, 15) is 43.7 Å². The predicted octanol–water partition coefficient (Wildman–Crippen LogP) is -0.531. The van der Waals surface area contributed by atoms with E-state index in [1.165, 1.54) is 6.07 Å². The Morgan fingerprint density at radius 1 is 0.714 bits per heavy atom. The van der Waals surface area contributed by atoms with E-state index in [0.29, 0.717) is 0 Å². The van der Waals surface area contributed by atoms with Gasteiger partial charge in [0, 0.05) is 11.1 Å². The summed E-state index contributed by atoms with van der Waals surface area (Å²) < 4.78 is 97.5. The van der Waals surface area contributed by atoms with Crippen molar-refractivity contribution in [2.24, 2.45) is 0 Å². The molecule has 0 atom stereocenters. The number of amides is 1. The van der Waals surface area contributed by atoms with Gasteiger partial charge in [0.15, 0.2) is 0 Å². The van der Waals surface area contributed by atoms with Gasteiger partial charge in [-0.3, -0.25) is 18.5 Å². The Bertz CT molecular complexity index is 1610. The number of nitrogens with two attached hydrogens (primary N) is 1. The van der Waals surface area contributed by atoms with Crippen molar-refractivity contribution in [1.82, 2.24) is 0 Å².